The van der Waals surface area contributed by atoms with Gasteiger partial charge in [-0.15, -0.1) is 0 Å². The van der Waals surface area contributed by atoms with E-state index in [1.54, 1.807) is 12.1 Å². The summed E-state index contributed by atoms with van der Waals surface area (Å²) in [5.74, 6) is -0.140. The van der Waals surface area contributed by atoms with E-state index in [-0.39, 0.29) is 24.0 Å². The first kappa shape index (κ1) is 24.4. The van der Waals surface area contributed by atoms with Gasteiger partial charge in [0.1, 0.15) is 6.54 Å². The van der Waals surface area contributed by atoms with Crippen molar-refractivity contribution in [1.29, 1.82) is 0 Å². The number of ether oxygens (including phenoxy) is 1. The second-order valence-electron chi connectivity index (χ2n) is 8.56. The van der Waals surface area contributed by atoms with Crippen molar-refractivity contribution in [3.63, 3.8) is 0 Å². The molecule has 8 nitrogen and oxygen atoms in total. The van der Waals surface area contributed by atoms with Crippen LogP contribution in [0, 0.1) is 11.7 Å². The summed E-state index contributed by atoms with van der Waals surface area (Å²) in [6, 6.07) is 3.68. The van der Waals surface area contributed by atoms with Crippen LogP contribution in [0.15, 0.2) is 18.2 Å². The van der Waals surface area contributed by atoms with Gasteiger partial charge in [0.15, 0.2) is 11.6 Å². The van der Waals surface area contributed by atoms with Crippen molar-refractivity contribution in [2.75, 3.05) is 25.4 Å². The number of hydrogen-bond donors (Lipinski definition) is 2. The number of sulfonamides is 1. The molecule has 1 atom stereocenters. The maximum atomic E-state index is 14.1. The Morgan fingerprint density at radius 1 is 1.25 bits per heavy atom. The monoisotopic (exact) mass is 469 g/mol. The minimum Gasteiger partial charge on any atom is -0.490 e. The van der Waals surface area contributed by atoms with E-state index in [2.05, 4.69) is 10.0 Å². The number of nitrogens with zero attached hydrogens (tertiary/aromatic N) is 1. The normalized spacial score (nSPS) is 17.5. The first-order valence-electron chi connectivity index (χ1n) is 11.3. The second-order valence-corrected chi connectivity index (χ2v) is 10.4. The lowest BCUT2D eigenvalue weighted by Gasteiger charge is -2.20. The molecule has 1 aliphatic heterocycles. The molecule has 1 heterocycles. The molecule has 0 bridgehead atoms. The van der Waals surface area contributed by atoms with Crippen LogP contribution < -0.4 is 14.8 Å². The van der Waals surface area contributed by atoms with Crippen LogP contribution in [0.25, 0.3) is 0 Å². The molecular formula is C22H32FN3O5S. The fourth-order valence-electron chi connectivity index (χ4n) is 3.63. The van der Waals surface area contributed by atoms with Crippen molar-refractivity contribution < 1.29 is 27.1 Å². The van der Waals surface area contributed by atoms with Crippen LogP contribution in [0.5, 0.6) is 5.75 Å². The average Bonchev–Trinajstić information content (AvgIpc) is 3.50. The Morgan fingerprint density at radius 3 is 2.69 bits per heavy atom. The van der Waals surface area contributed by atoms with E-state index in [9.17, 15) is 22.4 Å². The topological polar surface area (TPSA) is 105 Å². The lowest BCUT2D eigenvalue weighted by molar-refractivity contribution is -0.118. The highest BCUT2D eigenvalue weighted by molar-refractivity contribution is 7.89. The Morgan fingerprint density at radius 2 is 2.03 bits per heavy atom. The van der Waals surface area contributed by atoms with E-state index in [1.165, 1.54) is 11.0 Å². The smallest absolute Gasteiger partial charge is 0.324 e. The zero-order valence-electron chi connectivity index (χ0n) is 18.4. The number of imide groups is 1. The summed E-state index contributed by atoms with van der Waals surface area (Å²) in [5, 5.41) is 2.21. The molecule has 1 unspecified atom stereocenters. The Kier molecular flexibility index (Phi) is 8.47. The molecule has 3 rings (SSSR count). The van der Waals surface area contributed by atoms with Crippen molar-refractivity contribution >= 4 is 22.0 Å². The molecule has 10 heteroatoms. The Labute approximate surface area is 188 Å². The molecule has 3 amide bonds. The maximum absolute atomic E-state index is 14.1. The van der Waals surface area contributed by atoms with Gasteiger partial charge in [-0.2, -0.15) is 0 Å². The number of hydrogen-bond acceptors (Lipinski definition) is 5. The maximum Gasteiger partial charge on any atom is 0.324 e. The molecule has 2 aliphatic rings. The van der Waals surface area contributed by atoms with Gasteiger partial charge in [-0.05, 0) is 55.7 Å². The minimum atomic E-state index is -3.54. The highest BCUT2D eigenvalue weighted by Gasteiger charge is 2.26. The Balaban J connectivity index is 1.49. The number of benzene rings is 1. The van der Waals surface area contributed by atoms with Gasteiger partial charge in [-0.1, -0.05) is 25.8 Å². The molecule has 178 valence electrons. The standard InChI is InChI=1S/C22H32FN3O5S/c1-2-6-19(17-9-10-18(23)20(13-17)31-15-16-7-8-16)25-32(29,30)12-5-3-4-11-26-14-21(27)24-22(26)28/h9-10,13,16,19,25H,2-8,11-12,14-15H2,1H3,(H,24,27,28). The SMILES string of the molecule is CCCC(NS(=O)(=O)CCCCCN1CC(=O)NC1=O)c1ccc(F)c(OCC2CC2)c1. The first-order chi connectivity index (χ1) is 15.3. The van der Waals surface area contributed by atoms with Crippen LogP contribution >= 0.6 is 0 Å². The van der Waals surface area contributed by atoms with Gasteiger partial charge in [-0.25, -0.2) is 22.3 Å². The molecule has 1 aromatic carbocycles. The zero-order chi connectivity index (χ0) is 23.1. The average molecular weight is 470 g/mol. The van der Waals surface area contributed by atoms with E-state index in [4.69, 9.17) is 4.74 Å². The predicted octanol–water partition coefficient (Wildman–Crippen LogP) is 3.10. The van der Waals surface area contributed by atoms with Crippen LogP contribution in [0.4, 0.5) is 9.18 Å². The number of rotatable bonds is 14. The summed E-state index contributed by atoms with van der Waals surface area (Å²) in [6.07, 6.45) is 5.23. The molecule has 1 aliphatic carbocycles. The number of amides is 3. The fourth-order valence-corrected chi connectivity index (χ4v) is 5.02. The minimum absolute atomic E-state index is 0.0371. The van der Waals surface area contributed by atoms with Gasteiger partial charge in [0.05, 0.1) is 12.4 Å². The van der Waals surface area contributed by atoms with E-state index in [1.807, 2.05) is 6.92 Å². The van der Waals surface area contributed by atoms with Crippen molar-refractivity contribution in [2.24, 2.45) is 5.92 Å². The van der Waals surface area contributed by atoms with E-state index < -0.39 is 27.9 Å². The van der Waals surface area contributed by atoms with Crippen LogP contribution in [-0.2, 0) is 14.8 Å². The number of nitrogens with one attached hydrogen (secondary N) is 2. The zero-order valence-corrected chi connectivity index (χ0v) is 19.3. The first-order valence-corrected chi connectivity index (χ1v) is 12.9. The molecule has 0 aromatic heterocycles. The highest BCUT2D eigenvalue weighted by Crippen LogP contribution is 2.31. The third-order valence-electron chi connectivity index (χ3n) is 5.64. The lowest BCUT2D eigenvalue weighted by Crippen LogP contribution is -2.31. The molecule has 2 fully saturated rings. The summed E-state index contributed by atoms with van der Waals surface area (Å²) in [4.78, 5) is 24.1. The van der Waals surface area contributed by atoms with Crippen molar-refractivity contribution in [1.82, 2.24) is 14.9 Å². The number of carbonyl (C=O) groups is 2. The molecule has 0 spiro atoms. The summed E-state index contributed by atoms with van der Waals surface area (Å²) < 4.78 is 47.8. The van der Waals surface area contributed by atoms with Crippen molar-refractivity contribution in [3.05, 3.63) is 29.6 Å². The molecular weight excluding hydrogens is 437 g/mol. The van der Waals surface area contributed by atoms with E-state index >= 15 is 0 Å². The molecule has 0 radical (unpaired) electrons. The van der Waals surface area contributed by atoms with Crippen molar-refractivity contribution in [3.8, 4) is 5.75 Å². The number of carbonyl (C=O) groups excluding carboxylic acids is 2. The van der Waals surface area contributed by atoms with Crippen LogP contribution in [0.1, 0.15) is 63.5 Å². The van der Waals surface area contributed by atoms with Gasteiger partial charge >= 0.3 is 6.03 Å². The number of halogens is 1. The summed E-state index contributed by atoms with van der Waals surface area (Å²) in [6.45, 7) is 2.93. The largest absolute Gasteiger partial charge is 0.490 e. The van der Waals surface area contributed by atoms with Crippen LogP contribution in [0.2, 0.25) is 0 Å². The second kappa shape index (κ2) is 11.1. The molecule has 1 aromatic rings. The molecule has 2 N–H and O–H groups in total. The summed E-state index contributed by atoms with van der Waals surface area (Å²) >= 11 is 0. The van der Waals surface area contributed by atoms with Gasteiger partial charge in [-0.3, -0.25) is 10.1 Å². The number of urea groups is 1. The summed E-state index contributed by atoms with van der Waals surface area (Å²) in [7, 11) is -3.54. The molecule has 1 saturated carbocycles. The Hall–Kier alpha value is -2.20. The van der Waals surface area contributed by atoms with Gasteiger partial charge < -0.3 is 9.64 Å². The van der Waals surface area contributed by atoms with Crippen LogP contribution in [0.3, 0.4) is 0 Å². The lowest BCUT2D eigenvalue weighted by atomic mass is 10.0. The Bertz CT molecular complexity index is 920. The summed E-state index contributed by atoms with van der Waals surface area (Å²) in [5.41, 5.74) is 0.687. The third kappa shape index (κ3) is 7.44. The highest BCUT2D eigenvalue weighted by atomic mass is 32.2. The van der Waals surface area contributed by atoms with Gasteiger partial charge in [0, 0.05) is 12.6 Å². The third-order valence-corrected chi connectivity index (χ3v) is 7.11. The van der Waals surface area contributed by atoms with E-state index in [0.717, 1.165) is 19.3 Å². The molecule has 1 saturated heterocycles. The van der Waals surface area contributed by atoms with Gasteiger partial charge in [0.2, 0.25) is 15.9 Å². The van der Waals surface area contributed by atoms with E-state index in [0.29, 0.717) is 50.3 Å². The predicted molar refractivity (Wildman–Crippen MR) is 118 cm³/mol. The van der Waals surface area contributed by atoms with Gasteiger partial charge in [0.25, 0.3) is 0 Å². The van der Waals surface area contributed by atoms with Crippen molar-refractivity contribution in [2.45, 2.75) is 57.9 Å². The number of unbranched alkanes of at least 4 members (excludes halogenated alkanes) is 2. The fraction of sp³-hybridized carbons (Fsp3) is 0.636. The molecule has 32 heavy (non-hydrogen) atoms. The van der Waals surface area contributed by atoms with Crippen LogP contribution in [-0.4, -0.2) is 50.7 Å². The quantitative estimate of drug-likeness (QED) is 0.322.